The molecule has 0 saturated heterocycles. The third-order valence-corrected chi connectivity index (χ3v) is 3.74. The predicted octanol–water partition coefficient (Wildman–Crippen LogP) is 3.42. The molecule has 1 unspecified atom stereocenters. The average molecular weight is 269 g/mol. The van der Waals surface area contributed by atoms with Gasteiger partial charge in [0, 0.05) is 6.04 Å². The summed E-state index contributed by atoms with van der Waals surface area (Å²) in [6.45, 7) is 4.31. The van der Waals surface area contributed by atoms with Crippen LogP contribution in [0.5, 0.6) is 5.75 Å². The Kier molecular flexibility index (Phi) is 4.80. The van der Waals surface area contributed by atoms with Crippen molar-refractivity contribution in [3.63, 3.8) is 0 Å². The van der Waals surface area contributed by atoms with E-state index in [2.05, 4.69) is 44.2 Å². The zero-order chi connectivity index (χ0) is 14.5. The van der Waals surface area contributed by atoms with Gasteiger partial charge in [-0.05, 0) is 61.1 Å². The van der Waals surface area contributed by atoms with Crippen molar-refractivity contribution < 1.29 is 4.74 Å². The van der Waals surface area contributed by atoms with Crippen LogP contribution in [0.1, 0.15) is 22.3 Å². The molecule has 0 spiro atoms. The van der Waals surface area contributed by atoms with E-state index in [1.807, 2.05) is 12.1 Å². The number of hydrogen-bond donors (Lipinski definition) is 1. The maximum atomic E-state index is 6.33. The Morgan fingerprint density at radius 1 is 1.00 bits per heavy atom. The average Bonchev–Trinajstić information content (AvgIpc) is 2.43. The molecule has 0 aromatic heterocycles. The topological polar surface area (TPSA) is 35.2 Å². The van der Waals surface area contributed by atoms with Crippen LogP contribution in [-0.4, -0.2) is 13.2 Å². The first-order valence-corrected chi connectivity index (χ1v) is 7.03. The number of ether oxygens (including phenoxy) is 1. The molecule has 0 bridgehead atoms. The van der Waals surface area contributed by atoms with E-state index in [1.54, 1.807) is 7.11 Å². The summed E-state index contributed by atoms with van der Waals surface area (Å²) in [7, 11) is 1.69. The normalized spacial score (nSPS) is 12.2. The molecule has 0 aliphatic carbocycles. The Morgan fingerprint density at radius 3 is 2.30 bits per heavy atom. The van der Waals surface area contributed by atoms with Gasteiger partial charge in [0.25, 0.3) is 0 Å². The molecule has 106 valence electrons. The number of methoxy groups -OCH3 is 1. The van der Waals surface area contributed by atoms with Crippen molar-refractivity contribution in [2.24, 2.45) is 5.73 Å². The van der Waals surface area contributed by atoms with E-state index in [4.69, 9.17) is 10.5 Å². The molecule has 2 aromatic carbocycles. The maximum absolute atomic E-state index is 6.33. The molecule has 0 amide bonds. The summed E-state index contributed by atoms with van der Waals surface area (Å²) in [5.74, 6) is 0.891. The monoisotopic (exact) mass is 269 g/mol. The van der Waals surface area contributed by atoms with E-state index in [0.29, 0.717) is 0 Å². The highest BCUT2D eigenvalue weighted by Gasteiger charge is 2.10. The van der Waals surface area contributed by atoms with Crippen molar-refractivity contribution in [3.8, 4) is 5.75 Å². The summed E-state index contributed by atoms with van der Waals surface area (Å²) in [6.07, 6.45) is 1.78. The van der Waals surface area contributed by atoms with Crippen LogP contribution >= 0.6 is 0 Å². The molecule has 2 aromatic rings. The van der Waals surface area contributed by atoms with Crippen molar-refractivity contribution in [3.05, 3.63) is 64.7 Å². The van der Waals surface area contributed by atoms with E-state index in [-0.39, 0.29) is 6.04 Å². The quantitative estimate of drug-likeness (QED) is 0.902. The fourth-order valence-electron chi connectivity index (χ4n) is 2.61. The highest BCUT2D eigenvalue weighted by atomic mass is 16.5. The van der Waals surface area contributed by atoms with Crippen LogP contribution < -0.4 is 10.5 Å². The summed E-state index contributed by atoms with van der Waals surface area (Å²) in [6, 6.07) is 14.7. The third-order valence-electron chi connectivity index (χ3n) is 3.74. The third kappa shape index (κ3) is 3.61. The van der Waals surface area contributed by atoms with Crippen LogP contribution in [0, 0.1) is 13.8 Å². The highest BCUT2D eigenvalue weighted by Crippen LogP contribution is 2.18. The van der Waals surface area contributed by atoms with Gasteiger partial charge in [0.2, 0.25) is 0 Å². The molecule has 0 radical (unpaired) electrons. The lowest BCUT2D eigenvalue weighted by Crippen LogP contribution is -2.26. The Hall–Kier alpha value is -1.80. The van der Waals surface area contributed by atoms with Crippen LogP contribution in [0.2, 0.25) is 0 Å². The molecular formula is C18H23NO. The second-order valence-electron chi connectivity index (χ2n) is 5.39. The largest absolute Gasteiger partial charge is 0.497 e. The summed E-state index contributed by atoms with van der Waals surface area (Å²) in [4.78, 5) is 0. The molecule has 2 nitrogen and oxygen atoms in total. The summed E-state index contributed by atoms with van der Waals surface area (Å²) >= 11 is 0. The zero-order valence-electron chi connectivity index (χ0n) is 12.5. The van der Waals surface area contributed by atoms with Crippen molar-refractivity contribution >= 4 is 0 Å². The van der Waals surface area contributed by atoms with Crippen LogP contribution in [0.3, 0.4) is 0 Å². The standard InChI is InChI=1S/C18H23NO/c1-13-6-4-7-14(2)18(13)12-16(19)10-15-8-5-9-17(11-15)20-3/h4-9,11,16H,10,12,19H2,1-3H3. The molecule has 0 fully saturated rings. The Labute approximate surface area is 121 Å². The van der Waals surface area contributed by atoms with E-state index in [0.717, 1.165) is 18.6 Å². The van der Waals surface area contributed by atoms with E-state index >= 15 is 0 Å². The van der Waals surface area contributed by atoms with Gasteiger partial charge in [-0.3, -0.25) is 0 Å². The first kappa shape index (κ1) is 14.6. The zero-order valence-corrected chi connectivity index (χ0v) is 12.5. The Balaban J connectivity index is 2.07. The lowest BCUT2D eigenvalue weighted by atomic mass is 9.94. The Morgan fingerprint density at radius 2 is 1.65 bits per heavy atom. The lowest BCUT2D eigenvalue weighted by molar-refractivity contribution is 0.414. The van der Waals surface area contributed by atoms with Crippen LogP contribution in [0.15, 0.2) is 42.5 Å². The van der Waals surface area contributed by atoms with Crippen molar-refractivity contribution in [2.45, 2.75) is 32.7 Å². The maximum Gasteiger partial charge on any atom is 0.119 e. The summed E-state index contributed by atoms with van der Waals surface area (Å²) in [5, 5.41) is 0. The van der Waals surface area contributed by atoms with Crippen molar-refractivity contribution in [1.29, 1.82) is 0 Å². The van der Waals surface area contributed by atoms with Gasteiger partial charge >= 0.3 is 0 Å². The SMILES string of the molecule is COc1cccc(CC(N)Cc2c(C)cccc2C)c1. The highest BCUT2D eigenvalue weighted by molar-refractivity contribution is 5.35. The molecule has 2 N–H and O–H groups in total. The van der Waals surface area contributed by atoms with Gasteiger partial charge in [-0.1, -0.05) is 30.3 Å². The number of benzene rings is 2. The molecular weight excluding hydrogens is 246 g/mol. The van der Waals surface area contributed by atoms with E-state index < -0.39 is 0 Å². The molecule has 20 heavy (non-hydrogen) atoms. The number of nitrogens with two attached hydrogens (primary N) is 1. The minimum absolute atomic E-state index is 0.127. The first-order chi connectivity index (χ1) is 9.60. The molecule has 0 saturated carbocycles. The van der Waals surface area contributed by atoms with Gasteiger partial charge in [-0.25, -0.2) is 0 Å². The fourth-order valence-corrected chi connectivity index (χ4v) is 2.61. The number of rotatable bonds is 5. The molecule has 2 heteroatoms. The first-order valence-electron chi connectivity index (χ1n) is 7.03. The number of hydrogen-bond acceptors (Lipinski definition) is 2. The minimum Gasteiger partial charge on any atom is -0.497 e. The summed E-state index contributed by atoms with van der Waals surface area (Å²) in [5.41, 5.74) is 11.6. The second kappa shape index (κ2) is 6.58. The Bertz CT molecular complexity index is 557. The van der Waals surface area contributed by atoms with Gasteiger partial charge in [0.05, 0.1) is 7.11 Å². The fraction of sp³-hybridized carbons (Fsp3) is 0.333. The van der Waals surface area contributed by atoms with Crippen molar-refractivity contribution in [2.75, 3.05) is 7.11 Å². The van der Waals surface area contributed by atoms with Crippen LogP contribution in [0.4, 0.5) is 0 Å². The van der Waals surface area contributed by atoms with Gasteiger partial charge in [-0.15, -0.1) is 0 Å². The van der Waals surface area contributed by atoms with Gasteiger partial charge in [0.15, 0.2) is 0 Å². The molecule has 2 rings (SSSR count). The van der Waals surface area contributed by atoms with Gasteiger partial charge in [0.1, 0.15) is 5.75 Å². The molecule has 0 heterocycles. The number of aryl methyl sites for hydroxylation is 2. The second-order valence-corrected chi connectivity index (χ2v) is 5.39. The molecule has 0 aliphatic rings. The van der Waals surface area contributed by atoms with E-state index in [9.17, 15) is 0 Å². The lowest BCUT2D eigenvalue weighted by Gasteiger charge is -2.16. The van der Waals surface area contributed by atoms with E-state index in [1.165, 1.54) is 22.3 Å². The molecule has 0 aliphatic heterocycles. The van der Waals surface area contributed by atoms with Gasteiger partial charge < -0.3 is 10.5 Å². The smallest absolute Gasteiger partial charge is 0.119 e. The van der Waals surface area contributed by atoms with Crippen molar-refractivity contribution in [1.82, 2.24) is 0 Å². The van der Waals surface area contributed by atoms with Gasteiger partial charge in [-0.2, -0.15) is 0 Å². The molecule has 1 atom stereocenters. The minimum atomic E-state index is 0.127. The van der Waals surface area contributed by atoms with Crippen LogP contribution in [0.25, 0.3) is 0 Å². The summed E-state index contributed by atoms with van der Waals surface area (Å²) < 4.78 is 5.25. The van der Waals surface area contributed by atoms with Crippen LogP contribution in [-0.2, 0) is 12.8 Å². The predicted molar refractivity (Wildman–Crippen MR) is 84.3 cm³/mol.